The Labute approximate surface area is 142 Å². The van der Waals surface area contributed by atoms with Gasteiger partial charge < -0.3 is 15.2 Å². The van der Waals surface area contributed by atoms with Gasteiger partial charge in [-0.1, -0.05) is 0 Å². The molecule has 2 heterocycles. The number of carbonyl (C=O) groups is 2. The standard InChI is InChI=1S/C15H20BrNO4S/c16-12-5-4-11(22-12)2-1-3-13(18)17-10-15(14(19)20)6-8-21-9-7-15/h4-5H,1-3,6-10H2,(H,17,18)(H,19,20). The number of hydrogen-bond donors (Lipinski definition) is 2. The van der Waals surface area contributed by atoms with Gasteiger partial charge in [0.2, 0.25) is 5.91 Å². The van der Waals surface area contributed by atoms with Gasteiger partial charge in [0.1, 0.15) is 0 Å². The second-order valence-electron chi connectivity index (χ2n) is 5.53. The van der Waals surface area contributed by atoms with E-state index in [-0.39, 0.29) is 12.5 Å². The molecule has 1 aromatic rings. The molecule has 1 amide bonds. The van der Waals surface area contributed by atoms with E-state index in [1.807, 2.05) is 12.1 Å². The molecule has 22 heavy (non-hydrogen) atoms. The van der Waals surface area contributed by atoms with Crippen LogP contribution in [-0.2, 0) is 20.7 Å². The molecule has 2 N–H and O–H groups in total. The normalized spacial score (nSPS) is 17.1. The lowest BCUT2D eigenvalue weighted by molar-refractivity contribution is -0.154. The van der Waals surface area contributed by atoms with Crippen molar-refractivity contribution in [2.45, 2.75) is 32.1 Å². The third-order valence-electron chi connectivity index (χ3n) is 3.98. The summed E-state index contributed by atoms with van der Waals surface area (Å²) in [5.74, 6) is -0.928. The smallest absolute Gasteiger partial charge is 0.311 e. The van der Waals surface area contributed by atoms with Crippen LogP contribution in [0.15, 0.2) is 15.9 Å². The van der Waals surface area contributed by atoms with Gasteiger partial charge in [-0.05, 0) is 53.7 Å². The molecular weight excluding hydrogens is 370 g/mol. The SMILES string of the molecule is O=C(CCCc1ccc(Br)s1)NCC1(C(=O)O)CCOCC1. The van der Waals surface area contributed by atoms with Gasteiger partial charge in [0.05, 0.1) is 9.20 Å². The predicted molar refractivity (Wildman–Crippen MR) is 88.1 cm³/mol. The minimum Gasteiger partial charge on any atom is -0.481 e. The van der Waals surface area contributed by atoms with Crippen LogP contribution in [0.5, 0.6) is 0 Å². The Morgan fingerprint density at radius 2 is 2.09 bits per heavy atom. The van der Waals surface area contributed by atoms with Crippen molar-refractivity contribution in [3.05, 3.63) is 20.8 Å². The lowest BCUT2D eigenvalue weighted by atomic mass is 9.80. The first-order chi connectivity index (χ1) is 10.5. The molecule has 1 saturated heterocycles. The van der Waals surface area contributed by atoms with Crippen LogP contribution in [0.3, 0.4) is 0 Å². The zero-order valence-electron chi connectivity index (χ0n) is 12.3. The lowest BCUT2D eigenvalue weighted by Crippen LogP contribution is -2.46. The van der Waals surface area contributed by atoms with Gasteiger partial charge in [0, 0.05) is 31.1 Å². The lowest BCUT2D eigenvalue weighted by Gasteiger charge is -2.33. The average Bonchev–Trinajstić information content (AvgIpc) is 2.91. The third-order valence-corrected chi connectivity index (χ3v) is 5.67. The first kappa shape index (κ1) is 17.4. The molecule has 7 heteroatoms. The summed E-state index contributed by atoms with van der Waals surface area (Å²) in [4.78, 5) is 24.6. The van der Waals surface area contributed by atoms with Crippen LogP contribution in [-0.4, -0.2) is 36.7 Å². The van der Waals surface area contributed by atoms with E-state index in [0.29, 0.717) is 32.5 Å². The molecule has 0 atom stereocenters. The Hall–Kier alpha value is -0.920. The fraction of sp³-hybridized carbons (Fsp3) is 0.600. The summed E-state index contributed by atoms with van der Waals surface area (Å²) < 4.78 is 6.31. The molecule has 0 radical (unpaired) electrons. The quantitative estimate of drug-likeness (QED) is 0.751. The number of aryl methyl sites for hydroxylation is 1. The second kappa shape index (κ2) is 8.08. The summed E-state index contributed by atoms with van der Waals surface area (Å²) in [6.07, 6.45) is 2.95. The van der Waals surface area contributed by atoms with E-state index in [1.54, 1.807) is 11.3 Å². The molecule has 2 rings (SSSR count). The van der Waals surface area contributed by atoms with E-state index in [1.165, 1.54) is 4.88 Å². The van der Waals surface area contributed by atoms with Gasteiger partial charge in [-0.25, -0.2) is 0 Å². The Bertz CT molecular complexity index is 525. The maximum absolute atomic E-state index is 11.9. The summed E-state index contributed by atoms with van der Waals surface area (Å²) in [5, 5.41) is 12.2. The Morgan fingerprint density at radius 1 is 1.36 bits per heavy atom. The fourth-order valence-electron chi connectivity index (χ4n) is 2.49. The number of ether oxygens (including phenoxy) is 1. The molecule has 1 aliphatic heterocycles. The maximum Gasteiger partial charge on any atom is 0.311 e. The number of carboxylic acids is 1. The van der Waals surface area contributed by atoms with E-state index in [4.69, 9.17) is 4.74 Å². The molecular formula is C15H20BrNO4S. The van der Waals surface area contributed by atoms with E-state index in [0.717, 1.165) is 16.6 Å². The van der Waals surface area contributed by atoms with Crippen LogP contribution in [0.25, 0.3) is 0 Å². The van der Waals surface area contributed by atoms with Gasteiger partial charge >= 0.3 is 5.97 Å². The molecule has 0 aliphatic carbocycles. The molecule has 1 aromatic heterocycles. The number of aliphatic carboxylic acids is 1. The largest absolute Gasteiger partial charge is 0.481 e. The highest BCUT2D eigenvalue weighted by molar-refractivity contribution is 9.11. The summed E-state index contributed by atoms with van der Waals surface area (Å²) in [5.41, 5.74) is -0.869. The number of halogens is 1. The van der Waals surface area contributed by atoms with Crippen LogP contribution < -0.4 is 5.32 Å². The molecule has 0 bridgehead atoms. The molecule has 0 aromatic carbocycles. The van der Waals surface area contributed by atoms with Gasteiger partial charge in [-0.3, -0.25) is 9.59 Å². The van der Waals surface area contributed by atoms with E-state index < -0.39 is 11.4 Å². The first-order valence-corrected chi connectivity index (χ1v) is 8.95. The van der Waals surface area contributed by atoms with Crippen molar-refractivity contribution in [2.75, 3.05) is 19.8 Å². The van der Waals surface area contributed by atoms with Crippen LogP contribution in [0.4, 0.5) is 0 Å². The van der Waals surface area contributed by atoms with Crippen LogP contribution in [0, 0.1) is 5.41 Å². The van der Waals surface area contributed by atoms with Crippen molar-refractivity contribution >= 4 is 39.1 Å². The molecule has 1 aliphatic rings. The van der Waals surface area contributed by atoms with E-state index in [9.17, 15) is 14.7 Å². The van der Waals surface area contributed by atoms with Crippen molar-refractivity contribution < 1.29 is 19.4 Å². The minimum absolute atomic E-state index is 0.0808. The average molecular weight is 390 g/mol. The first-order valence-electron chi connectivity index (χ1n) is 7.34. The van der Waals surface area contributed by atoms with Crippen molar-refractivity contribution in [3.63, 3.8) is 0 Å². The van der Waals surface area contributed by atoms with Crippen molar-refractivity contribution in [2.24, 2.45) is 5.41 Å². The molecule has 0 unspecified atom stereocenters. The molecule has 0 spiro atoms. The summed E-state index contributed by atoms with van der Waals surface area (Å²) in [7, 11) is 0. The minimum atomic E-state index is -0.869. The van der Waals surface area contributed by atoms with Crippen molar-refractivity contribution in [3.8, 4) is 0 Å². The fourth-order valence-corrected chi connectivity index (χ4v) is 4.02. The Morgan fingerprint density at radius 3 is 2.68 bits per heavy atom. The van der Waals surface area contributed by atoms with E-state index in [2.05, 4.69) is 21.2 Å². The maximum atomic E-state index is 11.9. The van der Waals surface area contributed by atoms with Crippen molar-refractivity contribution in [1.82, 2.24) is 5.32 Å². The monoisotopic (exact) mass is 389 g/mol. The molecule has 5 nitrogen and oxygen atoms in total. The zero-order chi connectivity index (χ0) is 16.0. The number of carboxylic acid groups (broad SMARTS) is 1. The molecule has 0 saturated carbocycles. The highest BCUT2D eigenvalue weighted by Crippen LogP contribution is 2.30. The summed E-state index contributed by atoms with van der Waals surface area (Å²) in [6, 6.07) is 4.05. The van der Waals surface area contributed by atoms with Crippen LogP contribution >= 0.6 is 27.3 Å². The molecule has 122 valence electrons. The third kappa shape index (κ3) is 4.79. The van der Waals surface area contributed by atoms with E-state index >= 15 is 0 Å². The predicted octanol–water partition coefficient (Wildman–Crippen LogP) is 2.83. The Kier molecular flexibility index (Phi) is 6.40. The van der Waals surface area contributed by atoms with Gasteiger partial charge in [0.15, 0.2) is 0 Å². The van der Waals surface area contributed by atoms with Gasteiger partial charge in [0.25, 0.3) is 0 Å². The van der Waals surface area contributed by atoms with Gasteiger partial charge in [-0.15, -0.1) is 11.3 Å². The highest BCUT2D eigenvalue weighted by Gasteiger charge is 2.40. The summed E-state index contributed by atoms with van der Waals surface area (Å²) >= 11 is 5.09. The number of hydrogen-bond acceptors (Lipinski definition) is 4. The highest BCUT2D eigenvalue weighted by atomic mass is 79.9. The molecule has 1 fully saturated rings. The van der Waals surface area contributed by atoms with Crippen LogP contribution in [0.2, 0.25) is 0 Å². The van der Waals surface area contributed by atoms with Crippen molar-refractivity contribution in [1.29, 1.82) is 0 Å². The Balaban J connectivity index is 1.73. The van der Waals surface area contributed by atoms with Gasteiger partial charge in [-0.2, -0.15) is 0 Å². The number of amides is 1. The number of nitrogens with one attached hydrogen (secondary N) is 1. The summed E-state index contributed by atoms with van der Waals surface area (Å²) in [6.45, 7) is 1.07. The number of rotatable bonds is 7. The topological polar surface area (TPSA) is 75.6 Å². The number of thiophene rings is 1. The zero-order valence-corrected chi connectivity index (χ0v) is 14.7. The number of carbonyl (C=O) groups excluding carboxylic acids is 1. The second-order valence-corrected chi connectivity index (χ2v) is 8.08. The van der Waals surface area contributed by atoms with Crippen LogP contribution in [0.1, 0.15) is 30.6 Å².